The predicted octanol–water partition coefficient (Wildman–Crippen LogP) is 12.7. The molecule has 2 nitrogen and oxygen atoms in total. The fraction of sp³-hybridized carbons (Fsp3) is 0.667. The standard InChI is InChI=1S/C42H72O2/c1-35(23-15-25-37(3)27-17-29-39(5)31-19-33-41(7,8)43-11)21-13-14-22-36(2)24-16-26-38(4)28-18-30-40(6)32-20-34-42(9,10)44-12/h13-17,19-22,25-27,31-32,35-40H,18,23-24,28-30,33-34H2,1-12H3/b21-13+,22-14+,25-15+,26-16+,27-17+,31-19+,32-20+. The molecule has 0 aromatic rings. The molecule has 0 rings (SSSR count). The van der Waals surface area contributed by atoms with E-state index in [0.29, 0.717) is 35.5 Å². The van der Waals surface area contributed by atoms with Gasteiger partial charge in [-0.25, -0.2) is 0 Å². The topological polar surface area (TPSA) is 18.5 Å². The molecule has 252 valence electrons. The maximum Gasteiger partial charge on any atom is 0.0657 e. The molecule has 0 fully saturated rings. The Balaban J connectivity index is 4.22. The van der Waals surface area contributed by atoms with Crippen LogP contribution in [0.1, 0.15) is 121 Å². The molecule has 0 N–H and O–H groups in total. The molecule has 0 aromatic heterocycles. The molecule has 0 spiro atoms. The summed E-state index contributed by atoms with van der Waals surface area (Å²) in [6.45, 7) is 22.3. The summed E-state index contributed by atoms with van der Waals surface area (Å²) < 4.78 is 11.0. The predicted molar refractivity (Wildman–Crippen MR) is 198 cm³/mol. The minimum atomic E-state index is -0.0802. The number of rotatable bonds is 24. The zero-order valence-electron chi connectivity index (χ0n) is 31.0. The summed E-state index contributed by atoms with van der Waals surface area (Å²) in [5.41, 5.74) is -0.144. The molecule has 0 radical (unpaired) electrons. The van der Waals surface area contributed by atoms with Gasteiger partial charge in [0.05, 0.1) is 11.2 Å². The van der Waals surface area contributed by atoms with Crippen molar-refractivity contribution in [3.8, 4) is 0 Å². The van der Waals surface area contributed by atoms with E-state index in [1.54, 1.807) is 14.2 Å². The minimum Gasteiger partial charge on any atom is -0.378 e. The van der Waals surface area contributed by atoms with Gasteiger partial charge in [0, 0.05) is 14.2 Å². The van der Waals surface area contributed by atoms with Crippen molar-refractivity contribution in [3.63, 3.8) is 0 Å². The monoisotopic (exact) mass is 609 g/mol. The highest BCUT2D eigenvalue weighted by Gasteiger charge is 2.14. The fourth-order valence-corrected chi connectivity index (χ4v) is 4.64. The molecule has 44 heavy (non-hydrogen) atoms. The van der Waals surface area contributed by atoms with E-state index in [4.69, 9.17) is 9.47 Å². The van der Waals surface area contributed by atoms with Gasteiger partial charge in [0.15, 0.2) is 0 Å². The molecule has 6 atom stereocenters. The Kier molecular flexibility index (Phi) is 23.3. The second-order valence-corrected chi connectivity index (χ2v) is 14.6. The summed E-state index contributed by atoms with van der Waals surface area (Å²) in [7, 11) is 3.57. The number of methoxy groups -OCH3 is 2. The van der Waals surface area contributed by atoms with Crippen LogP contribution in [0.2, 0.25) is 0 Å². The summed E-state index contributed by atoms with van der Waals surface area (Å²) in [6.07, 6.45) is 41.4. The quantitative estimate of drug-likeness (QED) is 0.0801. The number of ether oxygens (including phenoxy) is 2. The molecule has 0 heterocycles. The van der Waals surface area contributed by atoms with Crippen LogP contribution in [-0.4, -0.2) is 25.4 Å². The molecular weight excluding hydrogens is 536 g/mol. The van der Waals surface area contributed by atoms with Crippen molar-refractivity contribution in [2.24, 2.45) is 35.5 Å². The normalized spacial score (nSPS) is 18.2. The lowest BCUT2D eigenvalue weighted by molar-refractivity contribution is 0.0251. The smallest absolute Gasteiger partial charge is 0.0657 e. The Hall–Kier alpha value is -1.90. The molecule has 2 heteroatoms. The summed E-state index contributed by atoms with van der Waals surface area (Å²) in [5.74, 6) is 3.40. The fourth-order valence-electron chi connectivity index (χ4n) is 4.64. The van der Waals surface area contributed by atoms with Crippen LogP contribution < -0.4 is 0 Å². The van der Waals surface area contributed by atoms with Crippen molar-refractivity contribution in [2.45, 2.75) is 132 Å². The van der Waals surface area contributed by atoms with Gasteiger partial charge in [-0.2, -0.15) is 0 Å². The molecule has 0 aromatic carbocycles. The molecular formula is C42H72O2. The highest BCUT2D eigenvalue weighted by Crippen LogP contribution is 2.19. The van der Waals surface area contributed by atoms with Gasteiger partial charge in [0.1, 0.15) is 0 Å². The van der Waals surface area contributed by atoms with Crippen molar-refractivity contribution in [2.75, 3.05) is 14.2 Å². The lowest BCUT2D eigenvalue weighted by atomic mass is 9.96. The average Bonchev–Trinajstić information content (AvgIpc) is 2.95. The molecule has 0 saturated carbocycles. The molecule has 0 aliphatic rings. The van der Waals surface area contributed by atoms with E-state index in [0.717, 1.165) is 32.1 Å². The maximum absolute atomic E-state index is 5.50. The number of allylic oxidation sites excluding steroid dienone is 12. The Labute approximate surface area is 275 Å². The Morgan fingerprint density at radius 2 is 0.795 bits per heavy atom. The first-order valence-electron chi connectivity index (χ1n) is 17.5. The first kappa shape index (κ1) is 42.1. The molecule has 6 unspecified atom stereocenters. The first-order valence-corrected chi connectivity index (χ1v) is 17.5. The third-order valence-corrected chi connectivity index (χ3v) is 8.43. The number of hydrogen-bond acceptors (Lipinski definition) is 2. The van der Waals surface area contributed by atoms with E-state index in [2.05, 4.69) is 154 Å². The van der Waals surface area contributed by atoms with Crippen LogP contribution >= 0.6 is 0 Å². The molecule has 0 aliphatic carbocycles. The lowest BCUT2D eigenvalue weighted by Crippen LogP contribution is -2.20. The van der Waals surface area contributed by atoms with Gasteiger partial charge >= 0.3 is 0 Å². The van der Waals surface area contributed by atoms with Gasteiger partial charge in [0.25, 0.3) is 0 Å². The first-order chi connectivity index (χ1) is 20.7. The second kappa shape index (κ2) is 24.3. The molecule has 0 amide bonds. The summed E-state index contributed by atoms with van der Waals surface area (Å²) in [4.78, 5) is 0. The average molecular weight is 609 g/mol. The van der Waals surface area contributed by atoms with Crippen molar-refractivity contribution in [1.82, 2.24) is 0 Å². The van der Waals surface area contributed by atoms with E-state index in [-0.39, 0.29) is 11.2 Å². The highest BCUT2D eigenvalue weighted by molar-refractivity contribution is 5.08. The molecule has 0 bridgehead atoms. The van der Waals surface area contributed by atoms with Crippen LogP contribution in [-0.2, 0) is 9.47 Å². The Morgan fingerprint density at radius 3 is 1.20 bits per heavy atom. The van der Waals surface area contributed by atoms with Crippen LogP contribution in [0.5, 0.6) is 0 Å². The zero-order chi connectivity index (χ0) is 33.4. The second-order valence-electron chi connectivity index (χ2n) is 14.6. The van der Waals surface area contributed by atoms with Gasteiger partial charge in [-0.15, -0.1) is 0 Å². The van der Waals surface area contributed by atoms with Crippen LogP contribution in [0.15, 0.2) is 85.1 Å². The van der Waals surface area contributed by atoms with E-state index in [1.807, 2.05) is 0 Å². The summed E-state index contributed by atoms with van der Waals surface area (Å²) in [5, 5.41) is 0. The van der Waals surface area contributed by atoms with Crippen molar-refractivity contribution in [1.29, 1.82) is 0 Å². The molecule has 0 saturated heterocycles. The van der Waals surface area contributed by atoms with Crippen LogP contribution in [0.3, 0.4) is 0 Å². The SMILES string of the molecule is COC(C)(C)C/C=C/C(C)C/C=C/C(C)/C=C/CC(C)/C=C/C=C/C(C)C/C=C/C(C)CCCC(C)/C=C/CC(C)(C)OC. The largest absolute Gasteiger partial charge is 0.378 e. The maximum atomic E-state index is 5.50. The zero-order valence-corrected chi connectivity index (χ0v) is 31.0. The highest BCUT2D eigenvalue weighted by atomic mass is 16.5. The van der Waals surface area contributed by atoms with Crippen LogP contribution in [0.4, 0.5) is 0 Å². The van der Waals surface area contributed by atoms with Crippen molar-refractivity contribution in [3.05, 3.63) is 85.1 Å². The lowest BCUT2D eigenvalue weighted by Gasteiger charge is -2.20. The third-order valence-electron chi connectivity index (χ3n) is 8.43. The minimum absolute atomic E-state index is 0.0640. The van der Waals surface area contributed by atoms with E-state index < -0.39 is 0 Å². The van der Waals surface area contributed by atoms with Gasteiger partial charge < -0.3 is 9.47 Å². The van der Waals surface area contributed by atoms with E-state index in [1.165, 1.54) is 19.3 Å². The summed E-state index contributed by atoms with van der Waals surface area (Å²) >= 11 is 0. The van der Waals surface area contributed by atoms with Crippen molar-refractivity contribution >= 4 is 0 Å². The van der Waals surface area contributed by atoms with Gasteiger partial charge in [0.2, 0.25) is 0 Å². The van der Waals surface area contributed by atoms with Crippen LogP contribution in [0.25, 0.3) is 0 Å². The van der Waals surface area contributed by atoms with Crippen LogP contribution in [0, 0.1) is 35.5 Å². The van der Waals surface area contributed by atoms with E-state index in [9.17, 15) is 0 Å². The summed E-state index contributed by atoms with van der Waals surface area (Å²) in [6, 6.07) is 0. The van der Waals surface area contributed by atoms with Crippen molar-refractivity contribution < 1.29 is 9.47 Å². The Bertz CT molecular complexity index is 910. The van der Waals surface area contributed by atoms with E-state index >= 15 is 0 Å². The molecule has 0 aliphatic heterocycles. The van der Waals surface area contributed by atoms with Gasteiger partial charge in [-0.3, -0.25) is 0 Å². The Morgan fingerprint density at radius 1 is 0.455 bits per heavy atom. The van der Waals surface area contributed by atoms with Gasteiger partial charge in [-0.05, 0) is 108 Å². The number of hydrogen-bond donors (Lipinski definition) is 0. The van der Waals surface area contributed by atoms with Gasteiger partial charge in [-0.1, -0.05) is 133 Å². The third kappa shape index (κ3) is 25.4.